The molecule has 1 amide bonds. The van der Waals surface area contributed by atoms with Gasteiger partial charge < -0.3 is 4.90 Å². The highest BCUT2D eigenvalue weighted by Crippen LogP contribution is 2.38. The number of carbonyl (C=O) groups is 1. The number of rotatable bonds is 1. The van der Waals surface area contributed by atoms with Crippen molar-refractivity contribution in [1.29, 1.82) is 0 Å². The van der Waals surface area contributed by atoms with Crippen molar-refractivity contribution in [1.82, 2.24) is 4.90 Å². The lowest BCUT2D eigenvalue weighted by Crippen LogP contribution is -2.31. The van der Waals surface area contributed by atoms with E-state index >= 15 is 0 Å². The van der Waals surface area contributed by atoms with Crippen LogP contribution in [0.5, 0.6) is 0 Å². The summed E-state index contributed by atoms with van der Waals surface area (Å²) in [5.41, 5.74) is 0. The van der Waals surface area contributed by atoms with Crippen LogP contribution in [-0.2, 0) is 4.79 Å². The minimum atomic E-state index is 0.297. The summed E-state index contributed by atoms with van der Waals surface area (Å²) in [6.07, 6.45) is 5.04. The van der Waals surface area contributed by atoms with Crippen molar-refractivity contribution < 1.29 is 4.79 Å². The summed E-state index contributed by atoms with van der Waals surface area (Å²) in [5, 5.41) is 0. The Balaban J connectivity index is 2.24. The first-order valence-corrected chi connectivity index (χ1v) is 3.77. The largest absolute Gasteiger partial charge is 0.316 e. The molecule has 10 heavy (non-hydrogen) atoms. The smallest absolute Gasteiger partial charge is 0.229 e. The van der Waals surface area contributed by atoms with Crippen LogP contribution in [0.3, 0.4) is 0 Å². The molecule has 2 nitrogen and oxygen atoms in total. The fourth-order valence-corrected chi connectivity index (χ4v) is 2.06. The summed E-state index contributed by atoms with van der Waals surface area (Å²) >= 11 is 0. The van der Waals surface area contributed by atoms with Gasteiger partial charge in [0.25, 0.3) is 0 Å². The summed E-state index contributed by atoms with van der Waals surface area (Å²) < 4.78 is 0. The average Bonchev–Trinajstić information content (AvgIpc) is 2.46. The first-order chi connectivity index (χ1) is 4.83. The lowest BCUT2D eigenvalue weighted by Gasteiger charge is -2.22. The average molecular weight is 137 g/mol. The van der Waals surface area contributed by atoms with E-state index in [1.54, 1.807) is 11.1 Å². The van der Waals surface area contributed by atoms with Crippen LogP contribution in [-0.4, -0.2) is 16.8 Å². The second kappa shape index (κ2) is 1.84. The van der Waals surface area contributed by atoms with E-state index in [9.17, 15) is 4.79 Å². The molecule has 1 aliphatic heterocycles. The topological polar surface area (TPSA) is 20.3 Å². The van der Waals surface area contributed by atoms with Gasteiger partial charge >= 0.3 is 0 Å². The zero-order valence-corrected chi connectivity index (χ0v) is 5.92. The molecule has 2 aliphatic rings. The zero-order valence-electron chi connectivity index (χ0n) is 5.92. The molecule has 2 fully saturated rings. The van der Waals surface area contributed by atoms with Crippen LogP contribution in [0.1, 0.15) is 19.3 Å². The predicted molar refractivity (Wildman–Crippen MR) is 38.2 cm³/mol. The Morgan fingerprint density at radius 2 is 2.40 bits per heavy atom. The van der Waals surface area contributed by atoms with Crippen LogP contribution in [0.4, 0.5) is 0 Å². The molecule has 0 spiro atoms. The molecule has 1 aliphatic carbocycles. The van der Waals surface area contributed by atoms with Gasteiger partial charge in [-0.05, 0) is 25.5 Å². The van der Waals surface area contributed by atoms with Crippen LogP contribution in [0.25, 0.3) is 0 Å². The molecule has 0 unspecified atom stereocenters. The summed E-state index contributed by atoms with van der Waals surface area (Å²) in [7, 11) is 0. The molecule has 1 heterocycles. The standard InChI is InChI=1S/C8H11NO/c1-2-9-7-4-3-6(5-7)8(9)10/h2,6-7H,1,3-5H2/t6-,7+/m1/s1. The van der Waals surface area contributed by atoms with E-state index in [4.69, 9.17) is 0 Å². The number of carbonyl (C=O) groups excluding carboxylic acids is 1. The molecule has 1 saturated carbocycles. The van der Waals surface area contributed by atoms with Crippen molar-refractivity contribution in [3.8, 4) is 0 Å². The minimum absolute atomic E-state index is 0.297. The molecule has 0 aromatic heterocycles. The van der Waals surface area contributed by atoms with Crippen LogP contribution < -0.4 is 0 Å². The molecule has 2 rings (SSSR count). The Labute approximate surface area is 60.5 Å². The minimum Gasteiger partial charge on any atom is -0.316 e. The van der Waals surface area contributed by atoms with Crippen LogP contribution >= 0.6 is 0 Å². The highest BCUT2D eigenvalue weighted by molar-refractivity contribution is 5.83. The fraction of sp³-hybridized carbons (Fsp3) is 0.625. The fourth-order valence-electron chi connectivity index (χ4n) is 2.06. The van der Waals surface area contributed by atoms with Gasteiger partial charge in [-0.3, -0.25) is 4.79 Å². The second-order valence-electron chi connectivity index (χ2n) is 3.09. The maximum Gasteiger partial charge on any atom is 0.229 e. The predicted octanol–water partition coefficient (Wildman–Crippen LogP) is 1.14. The first-order valence-electron chi connectivity index (χ1n) is 3.77. The van der Waals surface area contributed by atoms with E-state index in [2.05, 4.69) is 6.58 Å². The molecular formula is C8H11NO. The monoisotopic (exact) mass is 137 g/mol. The van der Waals surface area contributed by atoms with Gasteiger partial charge in [0.1, 0.15) is 0 Å². The van der Waals surface area contributed by atoms with Gasteiger partial charge in [-0.15, -0.1) is 0 Å². The van der Waals surface area contributed by atoms with Crippen LogP contribution in [0.2, 0.25) is 0 Å². The van der Waals surface area contributed by atoms with Gasteiger partial charge in [0.2, 0.25) is 5.91 Å². The van der Waals surface area contributed by atoms with Gasteiger partial charge in [-0.1, -0.05) is 6.58 Å². The number of fused-ring (bicyclic) bond motifs is 2. The van der Waals surface area contributed by atoms with E-state index in [0.717, 1.165) is 12.8 Å². The van der Waals surface area contributed by atoms with E-state index in [0.29, 0.717) is 17.9 Å². The second-order valence-corrected chi connectivity index (χ2v) is 3.09. The quantitative estimate of drug-likeness (QED) is 0.530. The van der Waals surface area contributed by atoms with Gasteiger partial charge in [0.15, 0.2) is 0 Å². The molecule has 2 atom stereocenters. The highest BCUT2D eigenvalue weighted by Gasteiger charge is 2.43. The molecule has 0 N–H and O–H groups in total. The maximum atomic E-state index is 11.3. The number of amides is 1. The molecule has 1 saturated heterocycles. The Hall–Kier alpha value is -0.790. The van der Waals surface area contributed by atoms with Crippen LogP contribution in [0, 0.1) is 5.92 Å². The lowest BCUT2D eigenvalue weighted by molar-refractivity contribution is -0.131. The third kappa shape index (κ3) is 0.564. The third-order valence-corrected chi connectivity index (χ3v) is 2.60. The Morgan fingerprint density at radius 1 is 1.60 bits per heavy atom. The van der Waals surface area contributed by atoms with Crippen molar-refractivity contribution in [2.24, 2.45) is 5.92 Å². The first kappa shape index (κ1) is 5.96. The number of nitrogens with zero attached hydrogens (tertiary/aromatic N) is 1. The summed E-state index contributed by atoms with van der Waals surface area (Å²) in [4.78, 5) is 13.1. The SMILES string of the molecule is C=CN1C(=O)[C@@H]2CC[C@H]1C2. The summed E-state index contributed by atoms with van der Waals surface area (Å²) in [6, 6.07) is 0.495. The Bertz CT molecular complexity index is 188. The van der Waals surface area contributed by atoms with Gasteiger partial charge in [-0.2, -0.15) is 0 Å². The van der Waals surface area contributed by atoms with Crippen molar-refractivity contribution in [3.63, 3.8) is 0 Å². The highest BCUT2D eigenvalue weighted by atomic mass is 16.2. The van der Waals surface area contributed by atoms with E-state index in [-0.39, 0.29) is 0 Å². The van der Waals surface area contributed by atoms with Crippen molar-refractivity contribution in [3.05, 3.63) is 12.8 Å². The van der Waals surface area contributed by atoms with Gasteiger partial charge in [0, 0.05) is 12.0 Å². The van der Waals surface area contributed by atoms with E-state index in [1.165, 1.54) is 6.42 Å². The molecule has 54 valence electrons. The third-order valence-electron chi connectivity index (χ3n) is 2.60. The van der Waals surface area contributed by atoms with Crippen LogP contribution in [0.15, 0.2) is 12.8 Å². The van der Waals surface area contributed by atoms with Gasteiger partial charge in [0.05, 0.1) is 0 Å². The lowest BCUT2D eigenvalue weighted by atomic mass is 10.1. The normalized spacial score (nSPS) is 37.2. The summed E-state index contributed by atoms with van der Waals surface area (Å²) in [6.45, 7) is 3.62. The Morgan fingerprint density at radius 3 is 2.80 bits per heavy atom. The van der Waals surface area contributed by atoms with Crippen molar-refractivity contribution in [2.75, 3.05) is 0 Å². The van der Waals surface area contributed by atoms with E-state index < -0.39 is 0 Å². The molecule has 0 radical (unpaired) electrons. The van der Waals surface area contributed by atoms with Crippen molar-refractivity contribution >= 4 is 5.91 Å². The summed E-state index contributed by atoms with van der Waals surface area (Å²) in [5.74, 6) is 0.634. The molecule has 2 heteroatoms. The molecule has 0 aromatic carbocycles. The molecule has 0 aromatic rings. The maximum absolute atomic E-state index is 11.3. The Kier molecular flexibility index (Phi) is 1.10. The number of piperidine rings is 1. The molecule has 2 bridgehead atoms. The number of hydrogen-bond donors (Lipinski definition) is 0. The molecular weight excluding hydrogens is 126 g/mol. The number of hydrogen-bond acceptors (Lipinski definition) is 1. The van der Waals surface area contributed by atoms with Crippen molar-refractivity contribution in [2.45, 2.75) is 25.3 Å². The number of likely N-dealkylation sites (tertiary alicyclic amines) is 1. The van der Waals surface area contributed by atoms with E-state index in [1.807, 2.05) is 0 Å². The van der Waals surface area contributed by atoms with Gasteiger partial charge in [-0.25, -0.2) is 0 Å². The zero-order chi connectivity index (χ0) is 7.14.